The van der Waals surface area contributed by atoms with Crippen LogP contribution in [0.25, 0.3) is 11.3 Å². The van der Waals surface area contributed by atoms with E-state index in [1.165, 1.54) is 0 Å². The van der Waals surface area contributed by atoms with Gasteiger partial charge in [-0.05, 0) is 29.8 Å². The van der Waals surface area contributed by atoms with Crippen LogP contribution in [0.3, 0.4) is 0 Å². The van der Waals surface area contributed by atoms with Crippen molar-refractivity contribution in [2.75, 3.05) is 5.32 Å². The maximum absolute atomic E-state index is 12.2. The zero-order valence-corrected chi connectivity index (χ0v) is 12.7. The first-order chi connectivity index (χ1) is 10.6. The van der Waals surface area contributed by atoms with Gasteiger partial charge in [0.1, 0.15) is 0 Å². The molecule has 0 radical (unpaired) electrons. The Morgan fingerprint density at radius 3 is 2.45 bits per heavy atom. The lowest BCUT2D eigenvalue weighted by molar-refractivity contribution is 0.102. The number of carbonyl (C=O) groups is 1. The largest absolute Gasteiger partial charge is 0.313 e. The van der Waals surface area contributed by atoms with Crippen LogP contribution >= 0.6 is 11.6 Å². The molecule has 3 aromatic rings. The van der Waals surface area contributed by atoms with Crippen LogP contribution < -0.4 is 5.32 Å². The Bertz CT molecular complexity index is 795. The quantitative estimate of drug-likeness (QED) is 0.795. The minimum atomic E-state index is -0.183. The number of nitrogens with zero attached hydrogens (tertiary/aromatic N) is 2. The van der Waals surface area contributed by atoms with Crippen molar-refractivity contribution in [1.29, 1.82) is 0 Å². The average molecular weight is 312 g/mol. The molecule has 0 aliphatic heterocycles. The Balaban J connectivity index is 1.85. The van der Waals surface area contributed by atoms with Gasteiger partial charge in [0.25, 0.3) is 5.91 Å². The molecule has 0 bridgehead atoms. The van der Waals surface area contributed by atoms with Crippen LogP contribution in [0.5, 0.6) is 0 Å². The molecule has 0 aliphatic carbocycles. The fraction of sp³-hybridized carbons (Fsp3) is 0.0588. The van der Waals surface area contributed by atoms with Crippen LogP contribution in [-0.4, -0.2) is 15.5 Å². The highest BCUT2D eigenvalue weighted by Gasteiger charge is 2.12. The lowest BCUT2D eigenvalue weighted by atomic mass is 10.2. The Hall–Kier alpha value is -2.59. The average Bonchev–Trinajstić information content (AvgIpc) is 2.90. The second-order valence-electron chi connectivity index (χ2n) is 4.85. The molecule has 0 aliphatic rings. The summed E-state index contributed by atoms with van der Waals surface area (Å²) in [6, 6.07) is 16.5. The molecule has 0 saturated heterocycles. The Kier molecular flexibility index (Phi) is 3.94. The fourth-order valence-corrected chi connectivity index (χ4v) is 2.30. The van der Waals surface area contributed by atoms with Gasteiger partial charge in [0.15, 0.2) is 0 Å². The van der Waals surface area contributed by atoms with Gasteiger partial charge in [0.05, 0.1) is 11.9 Å². The SMILES string of the molecule is Cn1c(-c2ccc(Cl)cc2)cnc1NC(=O)c1ccccc1. The van der Waals surface area contributed by atoms with Crippen molar-refractivity contribution < 1.29 is 4.79 Å². The third-order valence-electron chi connectivity index (χ3n) is 3.39. The summed E-state index contributed by atoms with van der Waals surface area (Å²) in [5.41, 5.74) is 2.48. The van der Waals surface area contributed by atoms with Gasteiger partial charge in [0.2, 0.25) is 5.95 Å². The molecular formula is C17H14ClN3O. The van der Waals surface area contributed by atoms with E-state index < -0.39 is 0 Å². The summed E-state index contributed by atoms with van der Waals surface area (Å²) in [7, 11) is 1.86. The van der Waals surface area contributed by atoms with Crippen molar-refractivity contribution in [3.05, 3.63) is 71.4 Å². The molecule has 1 amide bonds. The summed E-state index contributed by atoms with van der Waals surface area (Å²) in [6.07, 6.45) is 1.73. The van der Waals surface area contributed by atoms with Crippen LogP contribution in [0, 0.1) is 0 Å². The highest BCUT2D eigenvalue weighted by Crippen LogP contribution is 2.23. The first-order valence-corrected chi connectivity index (χ1v) is 7.17. The van der Waals surface area contributed by atoms with Crippen LogP contribution in [0.4, 0.5) is 5.95 Å². The predicted octanol–water partition coefficient (Wildman–Crippen LogP) is 3.99. The van der Waals surface area contributed by atoms with E-state index in [-0.39, 0.29) is 5.91 Å². The molecule has 3 rings (SSSR count). The van der Waals surface area contributed by atoms with Crippen molar-refractivity contribution in [1.82, 2.24) is 9.55 Å². The van der Waals surface area contributed by atoms with E-state index in [2.05, 4.69) is 10.3 Å². The smallest absolute Gasteiger partial charge is 0.257 e. The number of amides is 1. The second kappa shape index (κ2) is 6.03. The zero-order chi connectivity index (χ0) is 15.5. The highest BCUT2D eigenvalue weighted by atomic mass is 35.5. The normalized spacial score (nSPS) is 10.5. The number of nitrogens with one attached hydrogen (secondary N) is 1. The second-order valence-corrected chi connectivity index (χ2v) is 5.29. The van der Waals surface area contributed by atoms with Crippen LogP contribution in [0.2, 0.25) is 5.02 Å². The van der Waals surface area contributed by atoms with Gasteiger partial charge in [-0.2, -0.15) is 0 Å². The molecule has 2 aromatic carbocycles. The summed E-state index contributed by atoms with van der Waals surface area (Å²) in [5, 5.41) is 3.50. The monoisotopic (exact) mass is 311 g/mol. The number of hydrogen-bond acceptors (Lipinski definition) is 2. The van der Waals surface area contributed by atoms with E-state index in [9.17, 15) is 4.79 Å². The molecule has 0 fully saturated rings. The van der Waals surface area contributed by atoms with Crippen LogP contribution in [0.1, 0.15) is 10.4 Å². The van der Waals surface area contributed by atoms with Crippen molar-refractivity contribution in [3.63, 3.8) is 0 Å². The molecule has 5 heteroatoms. The van der Waals surface area contributed by atoms with Gasteiger partial charge in [-0.3, -0.25) is 10.1 Å². The lowest BCUT2D eigenvalue weighted by Gasteiger charge is -2.07. The summed E-state index contributed by atoms with van der Waals surface area (Å²) in [6.45, 7) is 0. The van der Waals surface area contributed by atoms with E-state index in [0.717, 1.165) is 11.3 Å². The molecule has 22 heavy (non-hydrogen) atoms. The molecule has 1 N–H and O–H groups in total. The van der Waals surface area contributed by atoms with Crippen molar-refractivity contribution in [3.8, 4) is 11.3 Å². The van der Waals surface area contributed by atoms with E-state index >= 15 is 0 Å². The first-order valence-electron chi connectivity index (χ1n) is 6.79. The number of benzene rings is 2. The molecular weight excluding hydrogens is 298 g/mol. The summed E-state index contributed by atoms with van der Waals surface area (Å²) >= 11 is 5.90. The lowest BCUT2D eigenvalue weighted by Crippen LogP contribution is -2.15. The van der Waals surface area contributed by atoms with Gasteiger partial charge in [0, 0.05) is 17.6 Å². The summed E-state index contributed by atoms with van der Waals surface area (Å²) in [4.78, 5) is 16.5. The molecule has 0 atom stereocenters. The van der Waals surface area contributed by atoms with Gasteiger partial charge in [-0.25, -0.2) is 4.98 Å². The number of carbonyl (C=O) groups excluding carboxylic acids is 1. The fourth-order valence-electron chi connectivity index (χ4n) is 2.18. The van der Waals surface area contributed by atoms with E-state index in [1.54, 1.807) is 18.3 Å². The topological polar surface area (TPSA) is 46.9 Å². The first kappa shape index (κ1) is 14.4. The van der Waals surface area contributed by atoms with Crippen molar-refractivity contribution in [2.45, 2.75) is 0 Å². The standard InChI is InChI=1S/C17H14ClN3O/c1-21-15(12-7-9-14(18)10-8-12)11-19-17(21)20-16(22)13-5-3-2-4-6-13/h2-11H,1H3,(H,19,20,22). The molecule has 1 heterocycles. The van der Waals surface area contributed by atoms with E-state index in [4.69, 9.17) is 11.6 Å². The van der Waals surface area contributed by atoms with Crippen molar-refractivity contribution >= 4 is 23.5 Å². The molecule has 0 unspecified atom stereocenters. The maximum Gasteiger partial charge on any atom is 0.257 e. The number of imidazole rings is 1. The van der Waals surface area contributed by atoms with Gasteiger partial charge in [-0.1, -0.05) is 41.9 Å². The minimum Gasteiger partial charge on any atom is -0.313 e. The number of halogens is 1. The van der Waals surface area contributed by atoms with E-state index in [1.807, 2.05) is 54.1 Å². The molecule has 0 spiro atoms. The van der Waals surface area contributed by atoms with Crippen molar-refractivity contribution in [2.24, 2.45) is 7.05 Å². The summed E-state index contributed by atoms with van der Waals surface area (Å²) < 4.78 is 1.84. The van der Waals surface area contributed by atoms with Gasteiger partial charge >= 0.3 is 0 Å². The number of anilines is 1. The van der Waals surface area contributed by atoms with Crippen LogP contribution in [-0.2, 0) is 7.05 Å². The molecule has 4 nitrogen and oxygen atoms in total. The Morgan fingerprint density at radius 1 is 1.09 bits per heavy atom. The van der Waals surface area contributed by atoms with Gasteiger partial charge in [-0.15, -0.1) is 0 Å². The van der Waals surface area contributed by atoms with Gasteiger partial charge < -0.3 is 4.57 Å². The Labute approximate surface area is 133 Å². The molecule has 110 valence electrons. The number of aromatic nitrogens is 2. The minimum absolute atomic E-state index is 0.183. The van der Waals surface area contributed by atoms with Crippen LogP contribution in [0.15, 0.2) is 60.8 Å². The third-order valence-corrected chi connectivity index (χ3v) is 3.64. The zero-order valence-electron chi connectivity index (χ0n) is 12.0. The number of hydrogen-bond donors (Lipinski definition) is 1. The summed E-state index contributed by atoms with van der Waals surface area (Å²) in [5.74, 6) is 0.316. The van der Waals surface area contributed by atoms with E-state index in [0.29, 0.717) is 16.5 Å². The molecule has 0 saturated carbocycles. The third kappa shape index (κ3) is 2.87. The Morgan fingerprint density at radius 2 is 1.77 bits per heavy atom. The highest BCUT2D eigenvalue weighted by molar-refractivity contribution is 6.30. The maximum atomic E-state index is 12.2. The molecule has 1 aromatic heterocycles. The predicted molar refractivity (Wildman–Crippen MR) is 88.0 cm³/mol. The number of rotatable bonds is 3.